The van der Waals surface area contributed by atoms with Crippen LogP contribution in [0.1, 0.15) is 25.5 Å². The summed E-state index contributed by atoms with van der Waals surface area (Å²) in [6.07, 6.45) is 1.56. The molecule has 0 aliphatic carbocycles. The molecule has 0 aliphatic heterocycles. The monoisotopic (exact) mass is 430 g/mol. The normalized spacial score (nSPS) is 11.1. The molecule has 7 heteroatoms. The van der Waals surface area contributed by atoms with Gasteiger partial charge in [-0.15, -0.1) is 0 Å². The first-order chi connectivity index (χ1) is 14.9. The maximum atomic E-state index is 5.84. The molecule has 4 rings (SSSR count). The summed E-state index contributed by atoms with van der Waals surface area (Å²) in [6.45, 7) is 4.25. The summed E-state index contributed by atoms with van der Waals surface area (Å²) < 4.78 is 0. The molecule has 0 spiro atoms. The molecule has 31 heavy (non-hydrogen) atoms. The molecular formula is C24H26N6S. The van der Waals surface area contributed by atoms with E-state index in [0.29, 0.717) is 11.6 Å². The third kappa shape index (κ3) is 4.72. The quantitative estimate of drug-likeness (QED) is 0.380. The van der Waals surface area contributed by atoms with Crippen molar-refractivity contribution in [1.82, 2.24) is 15.0 Å². The van der Waals surface area contributed by atoms with Crippen LogP contribution in [0.5, 0.6) is 0 Å². The minimum absolute atomic E-state index is 0.343. The van der Waals surface area contributed by atoms with Gasteiger partial charge in [0.25, 0.3) is 0 Å². The lowest BCUT2D eigenvalue weighted by molar-refractivity contribution is 0.827. The Morgan fingerprint density at radius 3 is 2.45 bits per heavy atom. The molecule has 0 fully saturated rings. The van der Waals surface area contributed by atoms with Gasteiger partial charge in [-0.3, -0.25) is 0 Å². The van der Waals surface area contributed by atoms with Gasteiger partial charge in [-0.05, 0) is 60.5 Å². The van der Waals surface area contributed by atoms with E-state index in [9.17, 15) is 0 Å². The Morgan fingerprint density at radius 1 is 0.968 bits per heavy atom. The average molecular weight is 431 g/mol. The van der Waals surface area contributed by atoms with E-state index in [4.69, 9.17) is 10.7 Å². The predicted molar refractivity (Wildman–Crippen MR) is 130 cm³/mol. The standard InChI is InChI=1S/C24H26N6S/c1-15(2)20-11-10-19-23(28-20)26-14-27-24(19)29-21-13-17(30(3)4)7-12-22(21)31-18-8-5-16(25)6-9-18/h5-15H,25H2,1-4H3,(H,26,27,28,29). The molecule has 3 N–H and O–H groups in total. The molecule has 6 nitrogen and oxygen atoms in total. The third-order valence-corrected chi connectivity index (χ3v) is 6.03. The van der Waals surface area contributed by atoms with Crippen molar-refractivity contribution in [2.45, 2.75) is 29.6 Å². The maximum Gasteiger partial charge on any atom is 0.164 e. The number of fused-ring (bicyclic) bond motifs is 1. The number of nitrogens with two attached hydrogens (primary N) is 1. The molecule has 0 radical (unpaired) electrons. The second kappa shape index (κ2) is 8.81. The SMILES string of the molecule is CC(C)c1ccc2c(Nc3cc(N(C)C)ccc3Sc3ccc(N)cc3)ncnc2n1. The highest BCUT2D eigenvalue weighted by Crippen LogP contribution is 2.38. The van der Waals surface area contributed by atoms with E-state index in [1.54, 1.807) is 18.1 Å². The first-order valence-corrected chi connectivity index (χ1v) is 11.0. The number of hydrogen-bond acceptors (Lipinski definition) is 7. The summed E-state index contributed by atoms with van der Waals surface area (Å²) in [5.74, 6) is 1.08. The summed E-state index contributed by atoms with van der Waals surface area (Å²) in [4.78, 5) is 17.9. The van der Waals surface area contributed by atoms with Gasteiger partial charge in [-0.25, -0.2) is 15.0 Å². The van der Waals surface area contributed by atoms with Crippen molar-refractivity contribution in [2.24, 2.45) is 0 Å². The van der Waals surface area contributed by atoms with Gasteiger partial charge >= 0.3 is 0 Å². The number of anilines is 4. The first-order valence-electron chi connectivity index (χ1n) is 10.1. The molecule has 2 heterocycles. The van der Waals surface area contributed by atoms with Gasteiger partial charge in [-0.1, -0.05) is 25.6 Å². The summed E-state index contributed by atoms with van der Waals surface area (Å²) >= 11 is 1.68. The van der Waals surface area contributed by atoms with Crippen LogP contribution in [0.2, 0.25) is 0 Å². The van der Waals surface area contributed by atoms with Crippen molar-refractivity contribution in [3.8, 4) is 0 Å². The van der Waals surface area contributed by atoms with Gasteiger partial charge < -0.3 is 16.0 Å². The highest BCUT2D eigenvalue weighted by atomic mass is 32.2. The van der Waals surface area contributed by atoms with Crippen LogP contribution < -0.4 is 16.0 Å². The largest absolute Gasteiger partial charge is 0.399 e. The van der Waals surface area contributed by atoms with Crippen molar-refractivity contribution in [3.05, 3.63) is 66.6 Å². The summed E-state index contributed by atoms with van der Waals surface area (Å²) in [6, 6.07) is 18.3. The Bertz CT molecular complexity index is 1200. The van der Waals surface area contributed by atoms with Crippen molar-refractivity contribution in [1.29, 1.82) is 0 Å². The molecule has 0 saturated carbocycles. The van der Waals surface area contributed by atoms with Crippen LogP contribution in [-0.4, -0.2) is 29.0 Å². The van der Waals surface area contributed by atoms with Crippen molar-refractivity contribution < 1.29 is 0 Å². The zero-order valence-electron chi connectivity index (χ0n) is 18.1. The molecule has 158 valence electrons. The third-order valence-electron chi connectivity index (χ3n) is 4.95. The lowest BCUT2D eigenvalue weighted by Gasteiger charge is -2.18. The van der Waals surface area contributed by atoms with Crippen molar-refractivity contribution in [2.75, 3.05) is 30.0 Å². The van der Waals surface area contributed by atoms with Gasteiger partial charge in [0.15, 0.2) is 5.65 Å². The fourth-order valence-corrected chi connectivity index (χ4v) is 4.03. The van der Waals surface area contributed by atoms with Crippen LogP contribution in [0, 0.1) is 0 Å². The molecule has 0 bridgehead atoms. The molecule has 0 unspecified atom stereocenters. The molecular weight excluding hydrogens is 404 g/mol. The number of nitrogens with zero attached hydrogens (tertiary/aromatic N) is 4. The summed E-state index contributed by atoms with van der Waals surface area (Å²) in [5, 5.41) is 4.42. The van der Waals surface area contributed by atoms with Gasteiger partial charge in [-0.2, -0.15) is 0 Å². The second-order valence-corrected chi connectivity index (χ2v) is 8.97. The van der Waals surface area contributed by atoms with Gasteiger partial charge in [0.05, 0.1) is 11.1 Å². The van der Waals surface area contributed by atoms with Gasteiger partial charge in [0.1, 0.15) is 12.1 Å². The molecule has 2 aromatic heterocycles. The number of pyridine rings is 1. The zero-order valence-corrected chi connectivity index (χ0v) is 18.9. The number of benzene rings is 2. The molecule has 0 atom stereocenters. The van der Waals surface area contributed by atoms with Crippen LogP contribution in [-0.2, 0) is 0 Å². The van der Waals surface area contributed by atoms with E-state index in [2.05, 4.69) is 52.2 Å². The van der Waals surface area contributed by atoms with E-state index in [1.165, 1.54) is 0 Å². The minimum Gasteiger partial charge on any atom is -0.399 e. The molecule has 0 amide bonds. The first kappa shape index (κ1) is 20.9. The Morgan fingerprint density at radius 2 is 1.74 bits per heavy atom. The van der Waals surface area contributed by atoms with E-state index in [1.807, 2.05) is 50.5 Å². The average Bonchev–Trinajstić information content (AvgIpc) is 2.76. The van der Waals surface area contributed by atoms with Crippen LogP contribution in [0.3, 0.4) is 0 Å². The van der Waals surface area contributed by atoms with Gasteiger partial charge in [0, 0.05) is 41.0 Å². The van der Waals surface area contributed by atoms with Gasteiger partial charge in [0.2, 0.25) is 0 Å². The Hall–Kier alpha value is -3.32. The van der Waals surface area contributed by atoms with Crippen LogP contribution in [0.15, 0.2) is 70.7 Å². The Balaban J connectivity index is 1.74. The molecule has 4 aromatic rings. The Kier molecular flexibility index (Phi) is 5.95. The summed E-state index contributed by atoms with van der Waals surface area (Å²) in [7, 11) is 4.06. The lowest BCUT2D eigenvalue weighted by atomic mass is 10.1. The molecule has 0 aliphatic rings. The highest BCUT2D eigenvalue weighted by Gasteiger charge is 2.12. The fourth-order valence-electron chi connectivity index (χ4n) is 3.15. The molecule has 2 aromatic carbocycles. The number of aromatic nitrogens is 3. The number of rotatable bonds is 6. The van der Waals surface area contributed by atoms with Crippen molar-refractivity contribution >= 4 is 45.7 Å². The fraction of sp³-hybridized carbons (Fsp3) is 0.208. The van der Waals surface area contributed by atoms with E-state index in [0.717, 1.165) is 43.8 Å². The van der Waals surface area contributed by atoms with Crippen LogP contribution >= 0.6 is 11.8 Å². The smallest absolute Gasteiger partial charge is 0.164 e. The molecule has 0 saturated heterocycles. The number of nitrogen functional groups attached to an aromatic ring is 1. The topological polar surface area (TPSA) is 80.0 Å². The van der Waals surface area contributed by atoms with E-state index in [-0.39, 0.29) is 0 Å². The second-order valence-electron chi connectivity index (χ2n) is 7.86. The van der Waals surface area contributed by atoms with E-state index < -0.39 is 0 Å². The minimum atomic E-state index is 0.343. The van der Waals surface area contributed by atoms with Crippen LogP contribution in [0.4, 0.5) is 22.9 Å². The number of hydrogen-bond donors (Lipinski definition) is 2. The highest BCUT2D eigenvalue weighted by molar-refractivity contribution is 7.99. The van der Waals surface area contributed by atoms with Crippen molar-refractivity contribution in [3.63, 3.8) is 0 Å². The summed E-state index contributed by atoms with van der Waals surface area (Å²) in [5.41, 5.74) is 10.4. The maximum absolute atomic E-state index is 5.84. The predicted octanol–water partition coefficient (Wildman–Crippen LogP) is 5.69. The lowest BCUT2D eigenvalue weighted by Crippen LogP contribution is -2.09. The van der Waals surface area contributed by atoms with E-state index >= 15 is 0 Å². The number of nitrogens with one attached hydrogen (secondary N) is 1. The Labute approximate surface area is 186 Å². The zero-order chi connectivity index (χ0) is 22.0. The van der Waals surface area contributed by atoms with Crippen LogP contribution in [0.25, 0.3) is 11.0 Å².